The Labute approximate surface area is 107 Å². The van der Waals surface area contributed by atoms with Gasteiger partial charge >= 0.3 is 0 Å². The summed E-state index contributed by atoms with van der Waals surface area (Å²) in [7, 11) is 0. The number of thiophene rings is 1. The van der Waals surface area contributed by atoms with Gasteiger partial charge in [-0.2, -0.15) is 0 Å². The zero-order chi connectivity index (χ0) is 12.1. The van der Waals surface area contributed by atoms with E-state index in [1.807, 2.05) is 11.0 Å². The minimum atomic E-state index is 0.245. The van der Waals surface area contributed by atoms with Gasteiger partial charge in [-0.1, -0.05) is 13.0 Å². The molecule has 1 N–H and O–H groups in total. The Hall–Kier alpha value is -0.870. The van der Waals surface area contributed by atoms with E-state index >= 15 is 0 Å². The van der Waals surface area contributed by atoms with Gasteiger partial charge < -0.3 is 10.2 Å². The molecule has 1 amide bonds. The first-order chi connectivity index (χ1) is 8.31. The minimum Gasteiger partial charge on any atom is -0.333 e. The van der Waals surface area contributed by atoms with Crippen molar-refractivity contribution in [2.75, 3.05) is 13.1 Å². The molecule has 0 saturated heterocycles. The third kappa shape index (κ3) is 3.82. The standard InChI is InChI=1S/C13H20N2OS/c1-2-7-14-9-13(16)15(11-5-6-11)10-12-4-3-8-17-12/h3-4,8,11,14H,2,5-7,9-10H2,1H3. The highest BCUT2D eigenvalue weighted by Crippen LogP contribution is 2.29. The summed E-state index contributed by atoms with van der Waals surface area (Å²) in [6, 6.07) is 4.64. The second-order valence-corrected chi connectivity index (χ2v) is 5.54. The van der Waals surface area contributed by atoms with Crippen LogP contribution in [0.1, 0.15) is 31.1 Å². The van der Waals surface area contributed by atoms with Crippen molar-refractivity contribution in [1.29, 1.82) is 0 Å². The maximum Gasteiger partial charge on any atom is 0.237 e. The van der Waals surface area contributed by atoms with Crippen molar-refractivity contribution in [3.8, 4) is 0 Å². The summed E-state index contributed by atoms with van der Waals surface area (Å²) in [5.74, 6) is 0.245. The van der Waals surface area contributed by atoms with Crippen molar-refractivity contribution in [2.24, 2.45) is 0 Å². The fourth-order valence-electron chi connectivity index (χ4n) is 1.85. The molecule has 1 saturated carbocycles. The zero-order valence-electron chi connectivity index (χ0n) is 10.3. The van der Waals surface area contributed by atoms with Crippen molar-refractivity contribution in [2.45, 2.75) is 38.8 Å². The Kier molecular flexibility index (Phi) is 4.57. The van der Waals surface area contributed by atoms with E-state index in [-0.39, 0.29) is 5.91 Å². The summed E-state index contributed by atoms with van der Waals surface area (Å²) in [5.41, 5.74) is 0. The van der Waals surface area contributed by atoms with Gasteiger partial charge in [-0.25, -0.2) is 0 Å². The Morgan fingerprint density at radius 3 is 3.00 bits per heavy atom. The number of nitrogens with one attached hydrogen (secondary N) is 1. The summed E-state index contributed by atoms with van der Waals surface area (Å²) in [4.78, 5) is 15.4. The van der Waals surface area contributed by atoms with Gasteiger partial charge in [-0.3, -0.25) is 4.79 Å². The summed E-state index contributed by atoms with van der Waals surface area (Å²) in [5, 5.41) is 5.26. The fraction of sp³-hybridized carbons (Fsp3) is 0.615. The minimum absolute atomic E-state index is 0.245. The Balaban J connectivity index is 1.86. The highest BCUT2D eigenvalue weighted by molar-refractivity contribution is 7.09. The van der Waals surface area contributed by atoms with Gasteiger partial charge in [0.1, 0.15) is 0 Å². The summed E-state index contributed by atoms with van der Waals surface area (Å²) in [6.45, 7) is 4.30. The zero-order valence-corrected chi connectivity index (χ0v) is 11.1. The molecule has 1 fully saturated rings. The van der Waals surface area contributed by atoms with E-state index in [1.54, 1.807) is 11.3 Å². The first kappa shape index (κ1) is 12.6. The van der Waals surface area contributed by atoms with Crippen LogP contribution in [0.15, 0.2) is 17.5 Å². The van der Waals surface area contributed by atoms with E-state index in [4.69, 9.17) is 0 Å². The molecule has 1 aromatic heterocycles. The molecule has 1 aliphatic carbocycles. The predicted octanol–water partition coefficient (Wildman–Crippen LogP) is 2.24. The van der Waals surface area contributed by atoms with Crippen LogP contribution in [0.4, 0.5) is 0 Å². The molecule has 94 valence electrons. The molecular formula is C13H20N2OS. The lowest BCUT2D eigenvalue weighted by Gasteiger charge is -2.22. The molecule has 4 heteroatoms. The van der Waals surface area contributed by atoms with Gasteiger partial charge in [-0.05, 0) is 37.3 Å². The molecule has 0 aromatic carbocycles. The van der Waals surface area contributed by atoms with Gasteiger partial charge in [0.25, 0.3) is 0 Å². The third-order valence-electron chi connectivity index (χ3n) is 2.92. The SMILES string of the molecule is CCCNCC(=O)N(Cc1cccs1)C1CC1. The first-order valence-corrected chi connectivity index (χ1v) is 7.21. The van der Waals surface area contributed by atoms with Crippen LogP contribution < -0.4 is 5.32 Å². The molecule has 17 heavy (non-hydrogen) atoms. The number of hydrogen-bond donors (Lipinski definition) is 1. The van der Waals surface area contributed by atoms with Crippen molar-refractivity contribution in [1.82, 2.24) is 10.2 Å². The lowest BCUT2D eigenvalue weighted by atomic mass is 10.3. The highest BCUT2D eigenvalue weighted by atomic mass is 32.1. The molecule has 1 heterocycles. The Bertz CT molecular complexity index is 346. The molecule has 0 radical (unpaired) electrons. The highest BCUT2D eigenvalue weighted by Gasteiger charge is 2.32. The van der Waals surface area contributed by atoms with Crippen LogP contribution in [0.5, 0.6) is 0 Å². The van der Waals surface area contributed by atoms with Crippen LogP contribution in [-0.2, 0) is 11.3 Å². The first-order valence-electron chi connectivity index (χ1n) is 6.34. The number of carbonyl (C=O) groups excluding carboxylic acids is 1. The van der Waals surface area contributed by atoms with Gasteiger partial charge in [0.05, 0.1) is 13.1 Å². The number of hydrogen-bond acceptors (Lipinski definition) is 3. The maximum atomic E-state index is 12.1. The quantitative estimate of drug-likeness (QED) is 0.755. The molecular weight excluding hydrogens is 232 g/mol. The van der Waals surface area contributed by atoms with E-state index < -0.39 is 0 Å². The van der Waals surface area contributed by atoms with E-state index in [2.05, 4.69) is 23.7 Å². The number of rotatable bonds is 7. The second-order valence-electron chi connectivity index (χ2n) is 4.51. The fourth-order valence-corrected chi connectivity index (χ4v) is 2.55. The van der Waals surface area contributed by atoms with Gasteiger partial charge in [-0.15, -0.1) is 11.3 Å². The van der Waals surface area contributed by atoms with E-state index in [1.165, 1.54) is 17.7 Å². The lowest BCUT2D eigenvalue weighted by molar-refractivity contribution is -0.131. The van der Waals surface area contributed by atoms with Crippen molar-refractivity contribution in [3.05, 3.63) is 22.4 Å². The van der Waals surface area contributed by atoms with Crippen LogP contribution in [0, 0.1) is 0 Å². The van der Waals surface area contributed by atoms with E-state index in [0.29, 0.717) is 12.6 Å². The Morgan fingerprint density at radius 1 is 1.59 bits per heavy atom. The summed E-state index contributed by atoms with van der Waals surface area (Å²) < 4.78 is 0. The average molecular weight is 252 g/mol. The molecule has 0 bridgehead atoms. The topological polar surface area (TPSA) is 32.3 Å². The maximum absolute atomic E-state index is 12.1. The van der Waals surface area contributed by atoms with Crippen molar-refractivity contribution in [3.63, 3.8) is 0 Å². The number of nitrogens with zero attached hydrogens (tertiary/aromatic N) is 1. The Morgan fingerprint density at radius 2 is 2.41 bits per heavy atom. The molecule has 1 aromatic rings. The van der Waals surface area contributed by atoms with Crippen LogP contribution in [0.2, 0.25) is 0 Å². The second kappa shape index (κ2) is 6.17. The average Bonchev–Trinajstić information content (AvgIpc) is 3.03. The number of carbonyl (C=O) groups is 1. The largest absolute Gasteiger partial charge is 0.333 e. The van der Waals surface area contributed by atoms with Gasteiger partial charge in [0, 0.05) is 10.9 Å². The van der Waals surface area contributed by atoms with E-state index in [9.17, 15) is 4.79 Å². The predicted molar refractivity (Wildman–Crippen MR) is 71.1 cm³/mol. The molecule has 0 unspecified atom stereocenters. The van der Waals surface area contributed by atoms with Crippen molar-refractivity contribution >= 4 is 17.2 Å². The van der Waals surface area contributed by atoms with Gasteiger partial charge in [0.2, 0.25) is 5.91 Å². The molecule has 1 aliphatic rings. The molecule has 0 spiro atoms. The van der Waals surface area contributed by atoms with Crippen LogP contribution in [0.3, 0.4) is 0 Å². The summed E-state index contributed by atoms with van der Waals surface area (Å²) >= 11 is 1.73. The molecule has 0 aliphatic heterocycles. The third-order valence-corrected chi connectivity index (χ3v) is 3.78. The van der Waals surface area contributed by atoms with Crippen LogP contribution in [0.25, 0.3) is 0 Å². The molecule has 2 rings (SSSR count). The lowest BCUT2D eigenvalue weighted by Crippen LogP contribution is -2.39. The molecule has 0 atom stereocenters. The normalized spacial score (nSPS) is 14.9. The summed E-state index contributed by atoms with van der Waals surface area (Å²) in [6.07, 6.45) is 3.41. The molecule has 3 nitrogen and oxygen atoms in total. The van der Waals surface area contributed by atoms with Gasteiger partial charge in [0.15, 0.2) is 0 Å². The van der Waals surface area contributed by atoms with Crippen LogP contribution >= 0.6 is 11.3 Å². The smallest absolute Gasteiger partial charge is 0.237 e. The van der Waals surface area contributed by atoms with Crippen LogP contribution in [-0.4, -0.2) is 29.9 Å². The van der Waals surface area contributed by atoms with Crippen molar-refractivity contribution < 1.29 is 4.79 Å². The monoisotopic (exact) mass is 252 g/mol. The van der Waals surface area contributed by atoms with E-state index in [0.717, 1.165) is 19.5 Å². The number of amides is 1.